The number of hydrogen-bond donors (Lipinski definition) is 0. The molecule has 0 N–H and O–H groups in total. The number of imidazole rings is 1. The summed E-state index contributed by atoms with van der Waals surface area (Å²) in [5.41, 5.74) is 0.425. The van der Waals surface area contributed by atoms with Crippen molar-refractivity contribution in [2.75, 3.05) is 3.71 Å². The molecular formula is C19H15N3O4S2. The number of anilines is 1. The minimum absolute atomic E-state index is 0.0942. The van der Waals surface area contributed by atoms with Crippen molar-refractivity contribution in [1.29, 1.82) is 0 Å². The third-order valence-electron chi connectivity index (χ3n) is 4.10. The highest BCUT2D eigenvalue weighted by Gasteiger charge is 2.38. The first-order chi connectivity index (χ1) is 13.4. The molecule has 0 aliphatic carbocycles. The van der Waals surface area contributed by atoms with Crippen LogP contribution in [-0.4, -0.2) is 26.2 Å². The molecule has 0 radical (unpaired) electrons. The Balaban J connectivity index is 2.03. The number of pyridine rings is 1. The van der Waals surface area contributed by atoms with Crippen molar-refractivity contribution in [2.45, 2.75) is 9.79 Å². The van der Waals surface area contributed by atoms with Crippen LogP contribution in [0, 0.1) is 0 Å². The van der Waals surface area contributed by atoms with Crippen LogP contribution < -0.4 is 3.71 Å². The van der Waals surface area contributed by atoms with Crippen LogP contribution in [0.15, 0.2) is 101 Å². The van der Waals surface area contributed by atoms with Gasteiger partial charge in [0.25, 0.3) is 20.0 Å². The summed E-state index contributed by atoms with van der Waals surface area (Å²) in [6.07, 6.45) is 2.79. The average Bonchev–Trinajstić information content (AvgIpc) is 3.13. The summed E-state index contributed by atoms with van der Waals surface area (Å²) in [6, 6.07) is 19.9. The zero-order valence-electron chi connectivity index (χ0n) is 14.5. The standard InChI is InChI=1S/C19H15N3O4S2/c23-27(24,16-9-3-1-4-10-16)22(28(25,26)17-11-5-2-6-12-17)19-15-20-18-13-7-8-14-21(18)19/h1-15H. The van der Waals surface area contributed by atoms with E-state index in [4.69, 9.17) is 0 Å². The summed E-state index contributed by atoms with van der Waals surface area (Å²) >= 11 is 0. The molecule has 142 valence electrons. The van der Waals surface area contributed by atoms with Crippen LogP contribution in [0.5, 0.6) is 0 Å². The molecule has 4 aromatic rings. The van der Waals surface area contributed by atoms with Gasteiger partial charge in [0.15, 0.2) is 5.82 Å². The van der Waals surface area contributed by atoms with E-state index in [2.05, 4.69) is 4.98 Å². The molecule has 0 fully saturated rings. The second-order valence-electron chi connectivity index (χ2n) is 5.88. The van der Waals surface area contributed by atoms with Crippen molar-refractivity contribution >= 4 is 31.5 Å². The second kappa shape index (κ2) is 6.77. The van der Waals surface area contributed by atoms with Crippen LogP contribution in [0.1, 0.15) is 0 Å². The van der Waals surface area contributed by atoms with Crippen molar-refractivity contribution in [3.8, 4) is 0 Å². The van der Waals surface area contributed by atoms with Crippen molar-refractivity contribution in [2.24, 2.45) is 0 Å². The molecule has 0 unspecified atom stereocenters. The fourth-order valence-electron chi connectivity index (χ4n) is 2.81. The lowest BCUT2D eigenvalue weighted by Crippen LogP contribution is -2.37. The monoisotopic (exact) mass is 413 g/mol. The van der Waals surface area contributed by atoms with Crippen molar-refractivity contribution in [3.63, 3.8) is 0 Å². The first-order valence-electron chi connectivity index (χ1n) is 8.25. The lowest BCUT2D eigenvalue weighted by Gasteiger charge is -2.23. The first-order valence-corrected chi connectivity index (χ1v) is 11.1. The molecule has 4 rings (SSSR count). The number of fused-ring (bicyclic) bond motifs is 1. The van der Waals surface area contributed by atoms with Gasteiger partial charge in [-0.25, -0.2) is 4.98 Å². The molecule has 2 aromatic carbocycles. The van der Waals surface area contributed by atoms with E-state index in [1.54, 1.807) is 36.5 Å². The summed E-state index contributed by atoms with van der Waals surface area (Å²) in [4.78, 5) is 3.87. The van der Waals surface area contributed by atoms with Gasteiger partial charge in [-0.3, -0.25) is 4.40 Å². The Labute approximate surface area is 162 Å². The van der Waals surface area contributed by atoms with Gasteiger partial charge >= 0.3 is 0 Å². The molecule has 0 aliphatic heterocycles. The molecule has 0 atom stereocenters. The molecule has 0 amide bonds. The third kappa shape index (κ3) is 2.94. The SMILES string of the molecule is O=S(=O)(c1ccccc1)N(c1cnc2ccccn12)S(=O)(=O)c1ccccc1. The molecule has 2 heterocycles. The van der Waals surface area contributed by atoms with Gasteiger partial charge in [0.2, 0.25) is 0 Å². The molecule has 2 aromatic heterocycles. The Kier molecular flexibility index (Phi) is 4.40. The molecule has 0 saturated carbocycles. The molecule has 9 heteroatoms. The van der Waals surface area contributed by atoms with E-state index >= 15 is 0 Å². The van der Waals surface area contributed by atoms with Crippen LogP contribution in [0.4, 0.5) is 5.82 Å². The number of hydrogen-bond acceptors (Lipinski definition) is 5. The van der Waals surface area contributed by atoms with Gasteiger partial charge < -0.3 is 0 Å². The van der Waals surface area contributed by atoms with E-state index in [1.165, 1.54) is 59.1 Å². The zero-order chi connectivity index (χ0) is 19.8. The highest BCUT2D eigenvalue weighted by molar-refractivity contribution is 8.10. The van der Waals surface area contributed by atoms with Gasteiger partial charge in [0.05, 0.1) is 16.0 Å². The van der Waals surface area contributed by atoms with Gasteiger partial charge in [-0.2, -0.15) is 16.8 Å². The fraction of sp³-hybridized carbons (Fsp3) is 0. The summed E-state index contributed by atoms with van der Waals surface area (Å²) in [5.74, 6) is -0.0942. The predicted octanol–water partition coefficient (Wildman–Crippen LogP) is 2.92. The quantitative estimate of drug-likeness (QED) is 0.502. The van der Waals surface area contributed by atoms with Gasteiger partial charge in [0.1, 0.15) is 5.65 Å². The Morgan fingerprint density at radius 2 is 1.18 bits per heavy atom. The molecule has 7 nitrogen and oxygen atoms in total. The minimum Gasteiger partial charge on any atom is -0.285 e. The number of nitrogens with zero attached hydrogens (tertiary/aromatic N) is 3. The average molecular weight is 413 g/mol. The Bertz CT molecular complexity index is 1260. The lowest BCUT2D eigenvalue weighted by molar-refractivity contribution is 0.583. The Morgan fingerprint density at radius 1 is 0.679 bits per heavy atom. The minimum atomic E-state index is -4.44. The van der Waals surface area contributed by atoms with E-state index < -0.39 is 20.0 Å². The number of sulfonamides is 2. The van der Waals surface area contributed by atoms with Gasteiger partial charge in [-0.05, 0) is 36.4 Å². The number of benzene rings is 2. The van der Waals surface area contributed by atoms with Crippen molar-refractivity contribution in [1.82, 2.24) is 9.38 Å². The van der Waals surface area contributed by atoms with Gasteiger partial charge in [-0.15, -0.1) is 3.71 Å². The molecule has 0 spiro atoms. The topological polar surface area (TPSA) is 88.8 Å². The second-order valence-corrected chi connectivity index (χ2v) is 9.68. The molecule has 0 aliphatic rings. The van der Waals surface area contributed by atoms with Gasteiger partial charge in [0, 0.05) is 6.20 Å². The number of rotatable bonds is 5. The highest BCUT2D eigenvalue weighted by Crippen LogP contribution is 2.31. The Hall–Kier alpha value is -3.17. The van der Waals surface area contributed by atoms with Crippen molar-refractivity contribution < 1.29 is 16.8 Å². The fourth-order valence-corrected chi connectivity index (χ4v) is 6.50. The van der Waals surface area contributed by atoms with E-state index in [0.717, 1.165) is 0 Å². The van der Waals surface area contributed by atoms with E-state index in [9.17, 15) is 16.8 Å². The van der Waals surface area contributed by atoms with E-state index in [-0.39, 0.29) is 15.6 Å². The Morgan fingerprint density at radius 3 is 1.71 bits per heavy atom. The number of aromatic nitrogens is 2. The van der Waals surface area contributed by atoms with E-state index in [1.807, 2.05) is 0 Å². The first kappa shape index (κ1) is 18.2. The smallest absolute Gasteiger partial charge is 0.279 e. The molecular weight excluding hydrogens is 398 g/mol. The summed E-state index contributed by atoms with van der Waals surface area (Å²) in [6.45, 7) is 0. The summed E-state index contributed by atoms with van der Waals surface area (Å²) < 4.78 is 55.5. The van der Waals surface area contributed by atoms with E-state index in [0.29, 0.717) is 9.36 Å². The van der Waals surface area contributed by atoms with Crippen LogP contribution in [0.2, 0.25) is 0 Å². The predicted molar refractivity (Wildman–Crippen MR) is 105 cm³/mol. The largest absolute Gasteiger partial charge is 0.285 e. The summed E-state index contributed by atoms with van der Waals surface area (Å²) in [5, 5.41) is 0. The highest BCUT2D eigenvalue weighted by atomic mass is 32.3. The molecule has 0 bridgehead atoms. The van der Waals surface area contributed by atoms with Crippen LogP contribution in [-0.2, 0) is 20.0 Å². The molecule has 0 saturated heterocycles. The summed E-state index contributed by atoms with van der Waals surface area (Å²) in [7, 11) is -8.87. The third-order valence-corrected chi connectivity index (χ3v) is 8.26. The van der Waals surface area contributed by atoms with Crippen LogP contribution in [0.25, 0.3) is 5.65 Å². The van der Waals surface area contributed by atoms with Crippen molar-refractivity contribution in [3.05, 3.63) is 91.3 Å². The zero-order valence-corrected chi connectivity index (χ0v) is 16.1. The van der Waals surface area contributed by atoms with Crippen LogP contribution >= 0.6 is 0 Å². The maximum atomic E-state index is 13.4. The maximum absolute atomic E-state index is 13.4. The van der Waals surface area contributed by atoms with Gasteiger partial charge in [-0.1, -0.05) is 42.5 Å². The normalized spacial score (nSPS) is 12.1. The lowest BCUT2D eigenvalue weighted by atomic mass is 10.4. The van der Waals surface area contributed by atoms with Crippen LogP contribution in [0.3, 0.4) is 0 Å². The molecule has 28 heavy (non-hydrogen) atoms. The maximum Gasteiger partial charge on any atom is 0.279 e.